The Kier molecular flexibility index (Phi) is 8.95. The number of nitrogens with zero attached hydrogens (tertiary/aromatic N) is 1. The maximum Gasteiger partial charge on any atom is 0.410 e. The second-order valence-electron chi connectivity index (χ2n) is 10.8. The van der Waals surface area contributed by atoms with Crippen molar-refractivity contribution in [3.8, 4) is 11.5 Å². The zero-order valence-electron chi connectivity index (χ0n) is 22.4. The summed E-state index contributed by atoms with van der Waals surface area (Å²) in [6, 6.07) is 16.1. The minimum absolute atomic E-state index is 0.00523. The molecule has 200 valence electrons. The van der Waals surface area contributed by atoms with Crippen LogP contribution in [0.3, 0.4) is 0 Å². The van der Waals surface area contributed by atoms with E-state index >= 15 is 0 Å². The molecule has 2 heterocycles. The molecule has 7 heteroatoms. The lowest BCUT2D eigenvalue weighted by molar-refractivity contribution is -0.145. The Bertz CT molecular complexity index is 1030. The largest absolute Gasteiger partial charge is 0.490 e. The molecule has 2 fully saturated rings. The van der Waals surface area contributed by atoms with Gasteiger partial charge in [0, 0.05) is 12.5 Å². The number of benzene rings is 2. The van der Waals surface area contributed by atoms with Crippen LogP contribution in [0, 0.1) is 11.8 Å². The summed E-state index contributed by atoms with van der Waals surface area (Å²) in [6.07, 6.45) is 2.78. The molecule has 7 nitrogen and oxygen atoms in total. The number of cyclic esters (lactones) is 2. The Balaban J connectivity index is 1.19. The fraction of sp³-hybridized carbons (Fsp3) is 0.533. The molecule has 0 aromatic heterocycles. The Morgan fingerprint density at radius 3 is 1.92 bits per heavy atom. The summed E-state index contributed by atoms with van der Waals surface area (Å²) >= 11 is 0. The molecule has 0 saturated carbocycles. The standard InChI is InChI=1S/C30H39NO6/c1-20(2)5-10-24-16-27(36-29(24)32)18-34-25-11-6-22(7-12-25)15-23-8-13-26(14-9-23)35-19-28-17-31(21(3)4)30(33)37-28/h6-9,11-14,20-21,24,27-28H,5,10,15-19H2,1-4H3. The molecule has 4 rings (SSSR count). The maximum absolute atomic E-state index is 12.1. The van der Waals surface area contributed by atoms with Crippen LogP contribution in [-0.2, 0) is 20.7 Å². The number of rotatable bonds is 12. The van der Waals surface area contributed by atoms with Gasteiger partial charge in [0.1, 0.15) is 30.8 Å². The highest BCUT2D eigenvalue weighted by atomic mass is 16.6. The van der Waals surface area contributed by atoms with Gasteiger partial charge in [-0.25, -0.2) is 4.79 Å². The molecule has 2 aliphatic rings. The quantitative estimate of drug-likeness (QED) is 0.345. The monoisotopic (exact) mass is 509 g/mol. The molecule has 2 aliphatic heterocycles. The molecule has 2 aromatic rings. The van der Waals surface area contributed by atoms with Gasteiger partial charge in [0.05, 0.1) is 12.5 Å². The van der Waals surface area contributed by atoms with Crippen molar-refractivity contribution in [2.24, 2.45) is 11.8 Å². The van der Waals surface area contributed by atoms with E-state index in [2.05, 4.69) is 26.0 Å². The molecular formula is C30H39NO6. The summed E-state index contributed by atoms with van der Waals surface area (Å²) in [5.41, 5.74) is 2.35. The van der Waals surface area contributed by atoms with E-state index in [4.69, 9.17) is 18.9 Å². The lowest BCUT2D eigenvalue weighted by Gasteiger charge is -2.16. The van der Waals surface area contributed by atoms with Gasteiger partial charge in [0.15, 0.2) is 6.10 Å². The lowest BCUT2D eigenvalue weighted by atomic mass is 9.95. The maximum atomic E-state index is 12.1. The van der Waals surface area contributed by atoms with Crippen molar-refractivity contribution in [3.63, 3.8) is 0 Å². The van der Waals surface area contributed by atoms with E-state index in [1.54, 1.807) is 4.90 Å². The molecule has 3 unspecified atom stereocenters. The first-order chi connectivity index (χ1) is 17.8. The third-order valence-corrected chi connectivity index (χ3v) is 6.91. The molecule has 0 spiro atoms. The van der Waals surface area contributed by atoms with Crippen molar-refractivity contribution >= 4 is 12.1 Å². The van der Waals surface area contributed by atoms with E-state index in [9.17, 15) is 9.59 Å². The van der Waals surface area contributed by atoms with E-state index in [0.717, 1.165) is 37.2 Å². The number of carbonyl (C=O) groups is 2. The summed E-state index contributed by atoms with van der Waals surface area (Å²) < 4.78 is 22.6. The van der Waals surface area contributed by atoms with Crippen molar-refractivity contribution in [2.45, 2.75) is 71.6 Å². The normalized spacial score (nSPS) is 21.5. The molecule has 2 aromatic carbocycles. The number of esters is 1. The lowest BCUT2D eigenvalue weighted by Crippen LogP contribution is -2.32. The van der Waals surface area contributed by atoms with Crippen LogP contribution < -0.4 is 9.47 Å². The van der Waals surface area contributed by atoms with Gasteiger partial charge in [-0.1, -0.05) is 44.5 Å². The van der Waals surface area contributed by atoms with Gasteiger partial charge in [-0.2, -0.15) is 0 Å². The number of ether oxygens (including phenoxy) is 4. The molecule has 0 bridgehead atoms. The molecule has 2 saturated heterocycles. The van der Waals surface area contributed by atoms with Crippen LogP contribution in [0.1, 0.15) is 58.1 Å². The van der Waals surface area contributed by atoms with Crippen LogP contribution in [0.15, 0.2) is 48.5 Å². The van der Waals surface area contributed by atoms with E-state index in [-0.39, 0.29) is 36.2 Å². The average molecular weight is 510 g/mol. The summed E-state index contributed by atoms with van der Waals surface area (Å²) in [5, 5.41) is 0. The van der Waals surface area contributed by atoms with E-state index in [1.807, 2.05) is 50.2 Å². The van der Waals surface area contributed by atoms with Gasteiger partial charge in [0.25, 0.3) is 0 Å². The van der Waals surface area contributed by atoms with Crippen LogP contribution in [0.25, 0.3) is 0 Å². The highest BCUT2D eigenvalue weighted by Crippen LogP contribution is 2.27. The predicted octanol–water partition coefficient (Wildman–Crippen LogP) is 5.63. The SMILES string of the molecule is CC(C)CCC1CC(COc2ccc(Cc3ccc(OCC4CN(C(C)C)C(=O)O4)cc3)cc2)OC1=O. The number of carbonyl (C=O) groups excluding carboxylic acids is 2. The number of hydrogen-bond acceptors (Lipinski definition) is 6. The molecular weight excluding hydrogens is 470 g/mol. The van der Waals surface area contributed by atoms with Crippen molar-refractivity contribution in [2.75, 3.05) is 19.8 Å². The molecule has 37 heavy (non-hydrogen) atoms. The summed E-state index contributed by atoms with van der Waals surface area (Å²) in [7, 11) is 0. The average Bonchev–Trinajstić information content (AvgIpc) is 3.43. The fourth-order valence-corrected chi connectivity index (χ4v) is 4.67. The van der Waals surface area contributed by atoms with Crippen LogP contribution in [0.2, 0.25) is 0 Å². The van der Waals surface area contributed by atoms with Crippen molar-refractivity contribution in [1.29, 1.82) is 0 Å². The van der Waals surface area contributed by atoms with Crippen molar-refractivity contribution in [1.82, 2.24) is 4.90 Å². The molecule has 0 N–H and O–H groups in total. The zero-order chi connectivity index (χ0) is 26.4. The van der Waals surface area contributed by atoms with Crippen molar-refractivity contribution < 1.29 is 28.5 Å². The van der Waals surface area contributed by atoms with Crippen molar-refractivity contribution in [3.05, 3.63) is 59.7 Å². The highest BCUT2D eigenvalue weighted by Gasteiger charge is 2.35. The van der Waals surface area contributed by atoms with Gasteiger partial charge in [0.2, 0.25) is 0 Å². The van der Waals surface area contributed by atoms with Crippen LogP contribution in [0.5, 0.6) is 11.5 Å². The van der Waals surface area contributed by atoms with Crippen LogP contribution in [-0.4, -0.2) is 55.0 Å². The van der Waals surface area contributed by atoms with Crippen LogP contribution >= 0.6 is 0 Å². The molecule has 0 aliphatic carbocycles. The third-order valence-electron chi connectivity index (χ3n) is 6.91. The summed E-state index contributed by atoms with van der Waals surface area (Å²) in [6.45, 7) is 9.58. The topological polar surface area (TPSA) is 74.3 Å². The third kappa shape index (κ3) is 7.63. The molecule has 1 amide bonds. The molecule has 0 radical (unpaired) electrons. The van der Waals surface area contributed by atoms with E-state index < -0.39 is 0 Å². The van der Waals surface area contributed by atoms with Gasteiger partial charge in [-0.15, -0.1) is 0 Å². The van der Waals surface area contributed by atoms with Gasteiger partial charge >= 0.3 is 12.1 Å². The Labute approximate surface area is 220 Å². The van der Waals surface area contributed by atoms with Gasteiger partial charge in [-0.3, -0.25) is 4.79 Å². The second-order valence-corrected chi connectivity index (χ2v) is 10.8. The Hall–Kier alpha value is -3.22. The summed E-state index contributed by atoms with van der Waals surface area (Å²) in [4.78, 5) is 25.7. The van der Waals surface area contributed by atoms with Gasteiger partial charge in [-0.05, 0) is 68.0 Å². The van der Waals surface area contributed by atoms with Crippen LogP contribution in [0.4, 0.5) is 4.79 Å². The minimum Gasteiger partial charge on any atom is -0.490 e. The highest BCUT2D eigenvalue weighted by molar-refractivity contribution is 5.74. The van der Waals surface area contributed by atoms with Gasteiger partial charge < -0.3 is 23.8 Å². The van der Waals surface area contributed by atoms with E-state index in [1.165, 1.54) is 11.1 Å². The summed E-state index contributed by atoms with van der Waals surface area (Å²) in [5.74, 6) is 2.05. The first-order valence-corrected chi connectivity index (χ1v) is 13.4. The number of hydrogen-bond donors (Lipinski definition) is 0. The minimum atomic E-state index is -0.275. The van der Waals surface area contributed by atoms with E-state index in [0.29, 0.717) is 25.7 Å². The molecule has 3 atom stereocenters. The second kappa shape index (κ2) is 12.3. The zero-order valence-corrected chi connectivity index (χ0v) is 22.4. The predicted molar refractivity (Wildman–Crippen MR) is 141 cm³/mol. The first kappa shape index (κ1) is 26.8. The Morgan fingerprint density at radius 1 is 0.838 bits per heavy atom. The first-order valence-electron chi connectivity index (χ1n) is 13.4. The fourth-order valence-electron chi connectivity index (χ4n) is 4.67. The smallest absolute Gasteiger partial charge is 0.410 e. The Morgan fingerprint density at radius 2 is 1.41 bits per heavy atom. The number of amides is 1.